The number of benzene rings is 2. The molecule has 1 saturated heterocycles. The van der Waals surface area contributed by atoms with E-state index in [9.17, 15) is 14.4 Å². The number of rotatable bonds is 4. The highest BCUT2D eigenvalue weighted by atomic mass is 16.2. The first-order valence-corrected chi connectivity index (χ1v) is 8.59. The van der Waals surface area contributed by atoms with Gasteiger partial charge in [-0.1, -0.05) is 6.07 Å². The fourth-order valence-corrected chi connectivity index (χ4v) is 3.25. The minimum Gasteiger partial charge on any atom is -0.373 e. The number of nitrogens with zero attached hydrogens (tertiary/aromatic N) is 1. The van der Waals surface area contributed by atoms with Crippen LogP contribution in [0.3, 0.4) is 0 Å². The van der Waals surface area contributed by atoms with Crippen molar-refractivity contribution in [2.24, 2.45) is 0 Å². The number of hydrogen-bond acceptors (Lipinski definition) is 4. The summed E-state index contributed by atoms with van der Waals surface area (Å²) < 4.78 is 0. The van der Waals surface area contributed by atoms with Gasteiger partial charge in [0.25, 0.3) is 5.91 Å². The quantitative estimate of drug-likeness (QED) is 0.622. The van der Waals surface area contributed by atoms with Crippen molar-refractivity contribution in [3.63, 3.8) is 0 Å². The summed E-state index contributed by atoms with van der Waals surface area (Å²) in [5.41, 5.74) is 2.84. The highest BCUT2D eigenvalue weighted by Gasteiger charge is 2.39. The Morgan fingerprint density at radius 1 is 1.07 bits per heavy atom. The molecule has 1 fully saturated rings. The maximum absolute atomic E-state index is 12.8. The van der Waals surface area contributed by atoms with Crippen molar-refractivity contribution in [1.82, 2.24) is 4.98 Å². The topological polar surface area (TPSA) is 94.3 Å². The molecule has 0 unspecified atom stereocenters. The van der Waals surface area contributed by atoms with Crippen LogP contribution in [0.25, 0.3) is 10.9 Å². The van der Waals surface area contributed by atoms with Crippen LogP contribution in [0.5, 0.6) is 0 Å². The van der Waals surface area contributed by atoms with Crippen LogP contribution in [0.4, 0.5) is 17.1 Å². The molecule has 3 amide bonds. The van der Waals surface area contributed by atoms with E-state index in [-0.39, 0.29) is 24.1 Å². The van der Waals surface area contributed by atoms with E-state index in [1.165, 1.54) is 11.8 Å². The molecule has 0 bridgehead atoms. The van der Waals surface area contributed by atoms with Crippen molar-refractivity contribution in [2.75, 3.05) is 15.5 Å². The molecule has 7 nitrogen and oxygen atoms in total. The van der Waals surface area contributed by atoms with Crippen LogP contribution in [-0.4, -0.2) is 28.7 Å². The third kappa shape index (κ3) is 3.27. The molecule has 0 aliphatic carbocycles. The predicted octanol–water partition coefficient (Wildman–Crippen LogP) is 2.87. The third-order valence-corrected chi connectivity index (χ3v) is 4.49. The van der Waals surface area contributed by atoms with Gasteiger partial charge >= 0.3 is 0 Å². The molecule has 136 valence electrons. The van der Waals surface area contributed by atoms with Gasteiger partial charge in [-0.05, 0) is 47.9 Å². The molecule has 0 spiro atoms. The first-order chi connectivity index (χ1) is 13.0. The number of carbonyl (C=O) groups is 3. The Hall–Kier alpha value is -3.61. The Morgan fingerprint density at radius 2 is 1.81 bits per heavy atom. The number of hydrogen-bond donors (Lipinski definition) is 3. The van der Waals surface area contributed by atoms with Gasteiger partial charge in [0.05, 0.1) is 12.1 Å². The van der Waals surface area contributed by atoms with Crippen LogP contribution in [0.15, 0.2) is 54.7 Å². The highest BCUT2D eigenvalue weighted by molar-refractivity contribution is 6.23. The molecule has 1 aliphatic heterocycles. The summed E-state index contributed by atoms with van der Waals surface area (Å²) in [4.78, 5) is 40.6. The molecule has 0 saturated carbocycles. The number of aromatic amines is 1. The zero-order valence-corrected chi connectivity index (χ0v) is 14.7. The molecule has 1 aliphatic rings. The first kappa shape index (κ1) is 16.8. The number of imide groups is 1. The lowest BCUT2D eigenvalue weighted by Crippen LogP contribution is -2.34. The molecule has 2 heterocycles. The van der Waals surface area contributed by atoms with Gasteiger partial charge in [0, 0.05) is 30.0 Å². The molecule has 2 aromatic carbocycles. The van der Waals surface area contributed by atoms with Gasteiger partial charge in [-0.3, -0.25) is 14.4 Å². The number of carbonyl (C=O) groups excluding carboxylic acids is 3. The van der Waals surface area contributed by atoms with Gasteiger partial charge in [-0.25, -0.2) is 4.90 Å². The Labute approximate surface area is 155 Å². The second kappa shape index (κ2) is 6.60. The molecule has 3 aromatic rings. The summed E-state index contributed by atoms with van der Waals surface area (Å²) >= 11 is 0. The Kier molecular flexibility index (Phi) is 4.12. The second-order valence-electron chi connectivity index (χ2n) is 6.48. The SMILES string of the molecule is CC(=O)Nc1ccc(N2C(=O)C[C@H](Nc3ccc4cc[nH]c4c3)C2=O)cc1. The van der Waals surface area contributed by atoms with E-state index in [1.807, 2.05) is 30.5 Å². The smallest absolute Gasteiger partial charge is 0.256 e. The van der Waals surface area contributed by atoms with E-state index in [4.69, 9.17) is 0 Å². The Morgan fingerprint density at radius 3 is 2.56 bits per heavy atom. The summed E-state index contributed by atoms with van der Waals surface area (Å²) in [6.45, 7) is 1.42. The minimum atomic E-state index is -0.611. The Balaban J connectivity index is 1.51. The minimum absolute atomic E-state index is 0.0923. The number of aromatic nitrogens is 1. The van der Waals surface area contributed by atoms with E-state index < -0.39 is 6.04 Å². The summed E-state index contributed by atoms with van der Waals surface area (Å²) in [5.74, 6) is -0.732. The summed E-state index contributed by atoms with van der Waals surface area (Å²) in [5, 5.41) is 6.89. The van der Waals surface area contributed by atoms with Crippen molar-refractivity contribution in [3.05, 3.63) is 54.7 Å². The van der Waals surface area contributed by atoms with Crippen molar-refractivity contribution < 1.29 is 14.4 Å². The normalized spacial score (nSPS) is 16.8. The fraction of sp³-hybridized carbons (Fsp3) is 0.150. The van der Waals surface area contributed by atoms with E-state index in [2.05, 4.69) is 15.6 Å². The van der Waals surface area contributed by atoms with Crippen molar-refractivity contribution in [3.8, 4) is 0 Å². The lowest BCUT2D eigenvalue weighted by atomic mass is 10.2. The lowest BCUT2D eigenvalue weighted by molar-refractivity contribution is -0.121. The van der Waals surface area contributed by atoms with Crippen LogP contribution >= 0.6 is 0 Å². The average molecular weight is 362 g/mol. The molecule has 7 heteroatoms. The van der Waals surface area contributed by atoms with E-state index in [1.54, 1.807) is 24.3 Å². The van der Waals surface area contributed by atoms with Crippen molar-refractivity contribution >= 4 is 45.7 Å². The van der Waals surface area contributed by atoms with Crippen LogP contribution in [-0.2, 0) is 14.4 Å². The maximum Gasteiger partial charge on any atom is 0.256 e. The molecule has 27 heavy (non-hydrogen) atoms. The second-order valence-corrected chi connectivity index (χ2v) is 6.48. The van der Waals surface area contributed by atoms with Crippen LogP contribution in [0.2, 0.25) is 0 Å². The first-order valence-electron chi connectivity index (χ1n) is 8.59. The molecule has 3 N–H and O–H groups in total. The molecule has 0 radical (unpaired) electrons. The Bertz CT molecular complexity index is 1040. The van der Waals surface area contributed by atoms with Crippen molar-refractivity contribution in [1.29, 1.82) is 0 Å². The van der Waals surface area contributed by atoms with Gasteiger partial charge < -0.3 is 15.6 Å². The van der Waals surface area contributed by atoms with Crippen LogP contribution in [0, 0.1) is 0 Å². The van der Waals surface area contributed by atoms with Gasteiger partial charge in [-0.2, -0.15) is 0 Å². The fourth-order valence-electron chi connectivity index (χ4n) is 3.25. The van der Waals surface area contributed by atoms with E-state index >= 15 is 0 Å². The van der Waals surface area contributed by atoms with Gasteiger partial charge in [0.15, 0.2) is 0 Å². The van der Waals surface area contributed by atoms with Crippen molar-refractivity contribution in [2.45, 2.75) is 19.4 Å². The van der Waals surface area contributed by atoms with Crippen LogP contribution < -0.4 is 15.5 Å². The molecular formula is C20H18N4O3. The molecule has 4 rings (SSSR count). The number of H-pyrrole nitrogens is 1. The number of anilines is 3. The van der Waals surface area contributed by atoms with Gasteiger partial charge in [-0.15, -0.1) is 0 Å². The lowest BCUT2D eigenvalue weighted by Gasteiger charge is -2.16. The average Bonchev–Trinajstić information content (AvgIpc) is 3.20. The molecule has 1 atom stereocenters. The van der Waals surface area contributed by atoms with E-state index in [0.29, 0.717) is 11.4 Å². The number of fused-ring (bicyclic) bond motifs is 1. The number of nitrogens with one attached hydrogen (secondary N) is 3. The summed E-state index contributed by atoms with van der Waals surface area (Å²) in [6, 6.07) is 13.7. The van der Waals surface area contributed by atoms with Gasteiger partial charge in [0.1, 0.15) is 6.04 Å². The zero-order valence-electron chi connectivity index (χ0n) is 14.7. The summed E-state index contributed by atoms with van der Waals surface area (Å²) in [7, 11) is 0. The van der Waals surface area contributed by atoms with Gasteiger partial charge in [0.2, 0.25) is 11.8 Å². The van der Waals surface area contributed by atoms with E-state index in [0.717, 1.165) is 16.6 Å². The standard InChI is InChI=1S/C20H18N4O3/c1-12(25)22-14-4-6-16(7-5-14)24-19(26)11-18(20(24)27)23-15-3-2-13-8-9-21-17(13)10-15/h2-10,18,21,23H,11H2,1H3,(H,22,25)/t18-/m0/s1. The third-order valence-electron chi connectivity index (χ3n) is 4.49. The zero-order chi connectivity index (χ0) is 19.0. The number of amides is 3. The molecule has 1 aromatic heterocycles. The predicted molar refractivity (Wildman–Crippen MR) is 104 cm³/mol. The largest absolute Gasteiger partial charge is 0.373 e. The highest BCUT2D eigenvalue weighted by Crippen LogP contribution is 2.27. The summed E-state index contributed by atoms with van der Waals surface area (Å²) in [6.07, 6.45) is 1.94. The maximum atomic E-state index is 12.8. The molecular weight excluding hydrogens is 344 g/mol. The van der Waals surface area contributed by atoms with Crippen LogP contribution in [0.1, 0.15) is 13.3 Å². The monoisotopic (exact) mass is 362 g/mol.